The number of aliphatic hydroxyl groups excluding tert-OH is 1. The van der Waals surface area contributed by atoms with Crippen LogP contribution in [0.2, 0.25) is 0 Å². The van der Waals surface area contributed by atoms with E-state index < -0.39 is 10.8 Å². The van der Waals surface area contributed by atoms with Gasteiger partial charge in [-0.3, -0.25) is 9.00 Å². The standard InChI is InChI=1S/C20H23N5O3S/c26-13-20(7-8-20)23-18-17-15(6-11-29(17)28)21-19(22-18)24-9-10-25(16(27)12-24)14-4-2-1-3-5-14/h1-5,26H,6-13H2,(H,21,22,23). The van der Waals surface area contributed by atoms with E-state index in [1.54, 1.807) is 4.90 Å². The predicted octanol–water partition coefficient (Wildman–Crippen LogP) is 0.930. The van der Waals surface area contributed by atoms with Gasteiger partial charge >= 0.3 is 0 Å². The summed E-state index contributed by atoms with van der Waals surface area (Å²) < 4.78 is 12.5. The monoisotopic (exact) mass is 413 g/mol. The number of benzene rings is 1. The number of piperazine rings is 1. The van der Waals surface area contributed by atoms with Crippen molar-refractivity contribution in [1.29, 1.82) is 0 Å². The van der Waals surface area contributed by atoms with Gasteiger partial charge in [-0.1, -0.05) is 18.2 Å². The maximum absolute atomic E-state index is 12.8. The van der Waals surface area contributed by atoms with Crippen LogP contribution in [0.4, 0.5) is 17.5 Å². The van der Waals surface area contributed by atoms with Crippen molar-refractivity contribution in [3.63, 3.8) is 0 Å². The SMILES string of the molecule is O=C1CN(c2nc3c(c(NC4(CO)CC4)n2)S(=O)CC3)CCN1c1ccccc1. The normalized spacial score (nSPS) is 22.5. The number of nitrogens with one attached hydrogen (secondary N) is 1. The molecule has 2 N–H and O–H groups in total. The topological polar surface area (TPSA) is 98.7 Å². The van der Waals surface area contributed by atoms with Gasteiger partial charge in [0.2, 0.25) is 11.9 Å². The molecule has 3 heterocycles. The molecule has 29 heavy (non-hydrogen) atoms. The zero-order valence-electron chi connectivity index (χ0n) is 16.0. The summed E-state index contributed by atoms with van der Waals surface area (Å²) in [7, 11) is -1.13. The van der Waals surface area contributed by atoms with Gasteiger partial charge in [0.15, 0.2) is 0 Å². The molecule has 0 spiro atoms. The first kappa shape index (κ1) is 18.5. The van der Waals surface area contributed by atoms with Gasteiger partial charge in [0.25, 0.3) is 0 Å². The lowest BCUT2D eigenvalue weighted by molar-refractivity contribution is -0.117. The third-order valence-electron chi connectivity index (χ3n) is 5.79. The van der Waals surface area contributed by atoms with E-state index in [0.29, 0.717) is 41.9 Å². The molecule has 1 saturated carbocycles. The lowest BCUT2D eigenvalue weighted by Crippen LogP contribution is -2.51. The van der Waals surface area contributed by atoms with E-state index in [1.165, 1.54) is 0 Å². The number of anilines is 3. The molecular weight excluding hydrogens is 390 g/mol. The fraction of sp³-hybridized carbons (Fsp3) is 0.450. The highest BCUT2D eigenvalue weighted by Crippen LogP contribution is 2.41. The molecule has 1 unspecified atom stereocenters. The summed E-state index contributed by atoms with van der Waals surface area (Å²) >= 11 is 0. The van der Waals surface area contributed by atoms with Gasteiger partial charge in [-0.25, -0.2) is 4.98 Å². The van der Waals surface area contributed by atoms with Gasteiger partial charge in [0.1, 0.15) is 17.3 Å². The lowest BCUT2D eigenvalue weighted by Gasteiger charge is -2.34. The Balaban J connectivity index is 1.42. The zero-order chi connectivity index (χ0) is 20.0. The third kappa shape index (κ3) is 3.38. The zero-order valence-corrected chi connectivity index (χ0v) is 16.8. The van der Waals surface area contributed by atoms with Gasteiger partial charge in [-0.05, 0) is 25.0 Å². The maximum atomic E-state index is 12.8. The van der Waals surface area contributed by atoms with E-state index in [1.807, 2.05) is 35.2 Å². The van der Waals surface area contributed by atoms with Gasteiger partial charge in [-0.2, -0.15) is 4.98 Å². The molecule has 1 aromatic carbocycles. The number of hydrogen-bond donors (Lipinski definition) is 2. The van der Waals surface area contributed by atoms with Crippen LogP contribution in [-0.2, 0) is 22.0 Å². The van der Waals surface area contributed by atoms with Crippen molar-refractivity contribution in [2.75, 3.05) is 47.1 Å². The molecule has 2 fully saturated rings. The van der Waals surface area contributed by atoms with Crippen LogP contribution >= 0.6 is 0 Å². The minimum Gasteiger partial charge on any atom is -0.394 e. The van der Waals surface area contributed by atoms with Crippen molar-refractivity contribution in [2.45, 2.75) is 29.7 Å². The van der Waals surface area contributed by atoms with Crippen LogP contribution in [0.3, 0.4) is 0 Å². The van der Waals surface area contributed by atoms with E-state index >= 15 is 0 Å². The summed E-state index contributed by atoms with van der Waals surface area (Å²) in [4.78, 5) is 26.4. The Labute approximate surface area is 171 Å². The molecule has 0 bridgehead atoms. The Morgan fingerprint density at radius 1 is 1.17 bits per heavy atom. The summed E-state index contributed by atoms with van der Waals surface area (Å²) in [5, 5.41) is 13.0. The summed E-state index contributed by atoms with van der Waals surface area (Å²) in [5.41, 5.74) is 1.31. The molecule has 1 amide bonds. The highest BCUT2D eigenvalue weighted by atomic mass is 32.2. The van der Waals surface area contributed by atoms with E-state index in [0.717, 1.165) is 24.2 Å². The molecule has 5 rings (SSSR count). The number of carbonyl (C=O) groups excluding carboxylic acids is 1. The smallest absolute Gasteiger partial charge is 0.246 e. The van der Waals surface area contributed by atoms with Crippen LogP contribution in [-0.4, -0.2) is 62.7 Å². The number of rotatable bonds is 5. The second-order valence-corrected chi connectivity index (χ2v) is 9.32. The molecule has 1 atom stereocenters. The molecule has 152 valence electrons. The van der Waals surface area contributed by atoms with Gasteiger partial charge in [-0.15, -0.1) is 0 Å². The number of hydrogen-bond acceptors (Lipinski definition) is 7. The Morgan fingerprint density at radius 2 is 1.97 bits per heavy atom. The second-order valence-electron chi connectivity index (χ2n) is 7.81. The fourth-order valence-corrected chi connectivity index (χ4v) is 5.17. The average molecular weight is 414 g/mol. The number of aryl methyl sites for hydroxylation is 1. The van der Waals surface area contributed by atoms with Gasteiger partial charge < -0.3 is 20.2 Å². The molecule has 2 aromatic rings. The largest absolute Gasteiger partial charge is 0.394 e. The first-order valence-corrected chi connectivity index (χ1v) is 11.2. The Kier molecular flexibility index (Phi) is 4.51. The van der Waals surface area contributed by atoms with Crippen LogP contribution in [0.25, 0.3) is 0 Å². The number of carbonyl (C=O) groups is 1. The van der Waals surface area contributed by atoms with Crippen LogP contribution in [0.5, 0.6) is 0 Å². The Bertz CT molecular complexity index is 980. The highest BCUT2D eigenvalue weighted by Gasteiger charge is 2.44. The molecule has 1 aliphatic carbocycles. The second kappa shape index (κ2) is 7.07. The van der Waals surface area contributed by atoms with Gasteiger partial charge in [0, 0.05) is 31.0 Å². The fourth-order valence-electron chi connectivity index (χ4n) is 3.86. The Morgan fingerprint density at radius 3 is 2.66 bits per heavy atom. The molecule has 0 radical (unpaired) electrons. The minimum absolute atomic E-state index is 0.00124. The van der Waals surface area contributed by atoms with Crippen LogP contribution in [0, 0.1) is 0 Å². The van der Waals surface area contributed by atoms with Crippen LogP contribution in [0.1, 0.15) is 18.5 Å². The maximum Gasteiger partial charge on any atom is 0.246 e. The molecular formula is C20H23N5O3S. The van der Waals surface area contributed by atoms with E-state index in [2.05, 4.69) is 15.3 Å². The third-order valence-corrected chi connectivity index (χ3v) is 7.25. The number of aliphatic hydroxyl groups is 1. The van der Waals surface area contributed by atoms with Crippen molar-refractivity contribution >= 4 is 34.2 Å². The first-order valence-electron chi connectivity index (χ1n) is 9.87. The van der Waals surface area contributed by atoms with Crippen molar-refractivity contribution in [2.24, 2.45) is 0 Å². The summed E-state index contributed by atoms with van der Waals surface area (Å²) in [6.07, 6.45) is 2.35. The molecule has 8 nitrogen and oxygen atoms in total. The van der Waals surface area contributed by atoms with Crippen molar-refractivity contribution in [1.82, 2.24) is 9.97 Å². The van der Waals surface area contributed by atoms with Crippen molar-refractivity contribution in [3.05, 3.63) is 36.0 Å². The summed E-state index contributed by atoms with van der Waals surface area (Å²) in [6.45, 7) is 1.38. The predicted molar refractivity (Wildman–Crippen MR) is 111 cm³/mol. The van der Waals surface area contributed by atoms with E-state index in [4.69, 9.17) is 0 Å². The molecule has 3 aliphatic rings. The average Bonchev–Trinajstić information content (AvgIpc) is 3.42. The van der Waals surface area contributed by atoms with E-state index in [9.17, 15) is 14.1 Å². The summed E-state index contributed by atoms with van der Waals surface area (Å²) in [6, 6.07) is 9.64. The number of nitrogens with zero attached hydrogens (tertiary/aromatic N) is 4. The number of amides is 1. The molecule has 1 saturated heterocycles. The van der Waals surface area contributed by atoms with Gasteiger partial charge in [0.05, 0.1) is 28.6 Å². The molecule has 1 aromatic heterocycles. The van der Waals surface area contributed by atoms with Crippen LogP contribution < -0.4 is 15.1 Å². The number of aromatic nitrogens is 2. The lowest BCUT2D eigenvalue weighted by atomic mass is 10.2. The summed E-state index contributed by atoms with van der Waals surface area (Å²) in [5.74, 6) is 1.57. The number of para-hydroxylation sites is 1. The quantitative estimate of drug-likeness (QED) is 0.752. The van der Waals surface area contributed by atoms with E-state index in [-0.39, 0.29) is 24.6 Å². The molecule has 9 heteroatoms. The van der Waals surface area contributed by atoms with Crippen molar-refractivity contribution < 1.29 is 14.1 Å². The first-order chi connectivity index (χ1) is 14.1. The minimum atomic E-state index is -1.13. The highest BCUT2D eigenvalue weighted by molar-refractivity contribution is 7.85. The molecule has 2 aliphatic heterocycles. The van der Waals surface area contributed by atoms with Crippen molar-refractivity contribution in [3.8, 4) is 0 Å². The van der Waals surface area contributed by atoms with Crippen LogP contribution in [0.15, 0.2) is 35.2 Å². The Hall–Kier alpha value is -2.52. The number of fused-ring (bicyclic) bond motifs is 1.